The van der Waals surface area contributed by atoms with E-state index >= 15 is 0 Å². The summed E-state index contributed by atoms with van der Waals surface area (Å²) >= 11 is 0. The molecule has 6 heteroatoms. The first-order chi connectivity index (χ1) is 9.15. The van der Waals surface area contributed by atoms with Crippen LogP contribution in [0.2, 0.25) is 0 Å². The minimum Gasteiger partial charge on any atom is -0.352 e. The van der Waals surface area contributed by atoms with Gasteiger partial charge in [0.25, 0.3) is 5.91 Å². The fourth-order valence-corrected chi connectivity index (χ4v) is 2.22. The predicted octanol–water partition coefficient (Wildman–Crippen LogP) is 1.50. The van der Waals surface area contributed by atoms with Gasteiger partial charge in [-0.25, -0.2) is 8.78 Å². The highest BCUT2D eigenvalue weighted by molar-refractivity contribution is 5.96. The van der Waals surface area contributed by atoms with Gasteiger partial charge in [0.15, 0.2) is 0 Å². The summed E-state index contributed by atoms with van der Waals surface area (Å²) in [4.78, 5) is 11.6. The van der Waals surface area contributed by atoms with Gasteiger partial charge in [-0.3, -0.25) is 9.48 Å². The summed E-state index contributed by atoms with van der Waals surface area (Å²) < 4.78 is 28.2. The molecule has 0 bridgehead atoms. The number of hydrogen-bond acceptors (Lipinski definition) is 2. The molecule has 1 N–H and O–H groups in total. The summed E-state index contributed by atoms with van der Waals surface area (Å²) in [7, 11) is 0. The van der Waals surface area contributed by atoms with Gasteiger partial charge < -0.3 is 5.32 Å². The van der Waals surface area contributed by atoms with Gasteiger partial charge in [0.1, 0.15) is 11.6 Å². The molecule has 2 aromatic rings. The van der Waals surface area contributed by atoms with Crippen molar-refractivity contribution in [3.8, 4) is 0 Å². The number of carbonyl (C=O) groups excluding carboxylic acids is 1. The molecule has 0 atom stereocenters. The zero-order valence-electron chi connectivity index (χ0n) is 9.99. The molecule has 1 aliphatic heterocycles. The monoisotopic (exact) mass is 263 g/mol. The molecule has 98 valence electrons. The molecule has 4 nitrogen and oxygen atoms in total. The van der Waals surface area contributed by atoms with E-state index in [9.17, 15) is 13.6 Å². The average Bonchev–Trinajstić information content (AvgIpc) is 2.79. The quantitative estimate of drug-likeness (QED) is 0.892. The normalized spacial score (nSPS) is 14.1. The lowest BCUT2D eigenvalue weighted by molar-refractivity contribution is 0.0945. The summed E-state index contributed by atoms with van der Waals surface area (Å²) in [6.07, 6.45) is 2.10. The van der Waals surface area contributed by atoms with Crippen LogP contribution in [0.25, 0.3) is 0 Å². The predicted molar refractivity (Wildman–Crippen MR) is 63.7 cm³/mol. The van der Waals surface area contributed by atoms with E-state index in [0.717, 1.165) is 23.9 Å². The molecule has 19 heavy (non-hydrogen) atoms. The fraction of sp³-hybridized carbons (Fsp3) is 0.231. The highest BCUT2D eigenvalue weighted by Gasteiger charge is 2.21. The van der Waals surface area contributed by atoms with Crippen molar-refractivity contribution in [3.05, 3.63) is 52.9 Å². The molecule has 1 aromatic heterocycles. The van der Waals surface area contributed by atoms with Crippen LogP contribution in [0.4, 0.5) is 8.78 Å². The molecule has 0 saturated heterocycles. The minimum atomic E-state index is -0.491. The first-order valence-corrected chi connectivity index (χ1v) is 5.92. The van der Waals surface area contributed by atoms with Crippen molar-refractivity contribution in [1.29, 1.82) is 0 Å². The molecule has 1 aromatic carbocycles. The van der Waals surface area contributed by atoms with Gasteiger partial charge in [0, 0.05) is 18.5 Å². The molecule has 0 radical (unpaired) electrons. The molecule has 0 saturated carbocycles. The SMILES string of the molecule is O=C1NCCc2c1cnn2Cc1cc(F)ccc1F. The smallest absolute Gasteiger partial charge is 0.254 e. The molecule has 1 aliphatic rings. The number of benzene rings is 1. The topological polar surface area (TPSA) is 46.9 Å². The van der Waals surface area contributed by atoms with Crippen molar-refractivity contribution in [2.75, 3.05) is 6.54 Å². The van der Waals surface area contributed by atoms with Crippen LogP contribution in [-0.2, 0) is 13.0 Å². The molecule has 1 amide bonds. The van der Waals surface area contributed by atoms with E-state index in [1.54, 1.807) is 4.68 Å². The van der Waals surface area contributed by atoms with E-state index in [1.807, 2.05) is 0 Å². The number of halogens is 2. The molecular weight excluding hydrogens is 252 g/mol. The number of rotatable bonds is 2. The maximum Gasteiger partial charge on any atom is 0.254 e. The van der Waals surface area contributed by atoms with Crippen LogP contribution in [0.15, 0.2) is 24.4 Å². The van der Waals surface area contributed by atoms with Crippen molar-refractivity contribution in [2.24, 2.45) is 0 Å². The third kappa shape index (κ3) is 2.09. The van der Waals surface area contributed by atoms with Crippen LogP contribution in [0, 0.1) is 11.6 Å². The number of aromatic nitrogens is 2. The summed E-state index contributed by atoms with van der Waals surface area (Å²) in [5.41, 5.74) is 1.48. The summed E-state index contributed by atoms with van der Waals surface area (Å²) in [5.74, 6) is -1.15. The molecular formula is C13H11F2N3O. The standard InChI is InChI=1S/C13H11F2N3O/c14-9-1-2-11(15)8(5-9)7-18-12-3-4-16-13(19)10(12)6-17-18/h1-2,5-6H,3-4,7H2,(H,16,19). The number of fused-ring (bicyclic) bond motifs is 1. The Hall–Kier alpha value is -2.24. The van der Waals surface area contributed by atoms with Crippen molar-refractivity contribution >= 4 is 5.91 Å². The Bertz CT molecular complexity index is 651. The second kappa shape index (κ2) is 4.46. The number of nitrogens with one attached hydrogen (secondary N) is 1. The van der Waals surface area contributed by atoms with Crippen molar-refractivity contribution < 1.29 is 13.6 Å². The molecule has 0 aliphatic carbocycles. The van der Waals surface area contributed by atoms with Crippen LogP contribution in [-0.4, -0.2) is 22.2 Å². The molecule has 0 spiro atoms. The zero-order chi connectivity index (χ0) is 13.4. The Morgan fingerprint density at radius 3 is 3.05 bits per heavy atom. The second-order valence-corrected chi connectivity index (χ2v) is 4.40. The first kappa shape index (κ1) is 11.8. The maximum atomic E-state index is 13.6. The van der Waals surface area contributed by atoms with Crippen molar-refractivity contribution in [1.82, 2.24) is 15.1 Å². The van der Waals surface area contributed by atoms with Gasteiger partial charge in [-0.05, 0) is 18.2 Å². The minimum absolute atomic E-state index is 0.117. The molecule has 0 unspecified atom stereocenters. The van der Waals surface area contributed by atoms with E-state index in [0.29, 0.717) is 18.5 Å². The van der Waals surface area contributed by atoms with E-state index in [1.165, 1.54) is 6.20 Å². The third-order valence-electron chi connectivity index (χ3n) is 3.17. The van der Waals surface area contributed by atoms with E-state index < -0.39 is 11.6 Å². The Morgan fingerprint density at radius 1 is 1.37 bits per heavy atom. The largest absolute Gasteiger partial charge is 0.352 e. The van der Waals surface area contributed by atoms with Gasteiger partial charge >= 0.3 is 0 Å². The lowest BCUT2D eigenvalue weighted by atomic mass is 10.1. The Kier molecular flexibility index (Phi) is 2.77. The van der Waals surface area contributed by atoms with Gasteiger partial charge in [-0.1, -0.05) is 0 Å². The maximum absolute atomic E-state index is 13.6. The van der Waals surface area contributed by atoms with Crippen LogP contribution < -0.4 is 5.32 Å². The van der Waals surface area contributed by atoms with Gasteiger partial charge in [-0.2, -0.15) is 5.10 Å². The fourth-order valence-electron chi connectivity index (χ4n) is 2.22. The molecule has 0 fully saturated rings. The zero-order valence-corrected chi connectivity index (χ0v) is 9.99. The summed E-state index contributed by atoms with van der Waals surface area (Å²) in [6.45, 7) is 0.648. The average molecular weight is 263 g/mol. The summed E-state index contributed by atoms with van der Waals surface area (Å²) in [5, 5.41) is 6.79. The summed E-state index contributed by atoms with van der Waals surface area (Å²) in [6, 6.07) is 3.31. The molecule has 2 heterocycles. The van der Waals surface area contributed by atoms with Crippen molar-refractivity contribution in [3.63, 3.8) is 0 Å². The lowest BCUT2D eigenvalue weighted by Gasteiger charge is -2.15. The van der Waals surface area contributed by atoms with Crippen molar-refractivity contribution in [2.45, 2.75) is 13.0 Å². The van der Waals surface area contributed by atoms with E-state index in [4.69, 9.17) is 0 Å². The Morgan fingerprint density at radius 2 is 2.21 bits per heavy atom. The Balaban J connectivity index is 1.96. The highest BCUT2D eigenvalue weighted by atomic mass is 19.1. The van der Waals surface area contributed by atoms with E-state index in [-0.39, 0.29) is 18.0 Å². The van der Waals surface area contributed by atoms with Gasteiger partial charge in [-0.15, -0.1) is 0 Å². The van der Waals surface area contributed by atoms with Crippen LogP contribution in [0.1, 0.15) is 21.6 Å². The lowest BCUT2D eigenvalue weighted by Crippen LogP contribution is -2.32. The van der Waals surface area contributed by atoms with Crippen LogP contribution in [0.5, 0.6) is 0 Å². The number of hydrogen-bond donors (Lipinski definition) is 1. The van der Waals surface area contributed by atoms with Crippen LogP contribution >= 0.6 is 0 Å². The highest BCUT2D eigenvalue weighted by Crippen LogP contribution is 2.17. The first-order valence-electron chi connectivity index (χ1n) is 5.92. The number of amides is 1. The molecule has 3 rings (SSSR count). The Labute approximate surface area is 108 Å². The van der Waals surface area contributed by atoms with Gasteiger partial charge in [0.2, 0.25) is 0 Å². The van der Waals surface area contributed by atoms with Gasteiger partial charge in [0.05, 0.1) is 24.0 Å². The number of carbonyl (C=O) groups is 1. The van der Waals surface area contributed by atoms with Crippen LogP contribution in [0.3, 0.4) is 0 Å². The third-order valence-corrected chi connectivity index (χ3v) is 3.17. The van der Waals surface area contributed by atoms with E-state index in [2.05, 4.69) is 10.4 Å². The number of nitrogens with zero attached hydrogens (tertiary/aromatic N) is 2. The second-order valence-electron chi connectivity index (χ2n) is 4.40.